The molecule has 0 aliphatic rings. The van der Waals surface area contributed by atoms with Crippen LogP contribution in [0.15, 0.2) is 42.5 Å². The van der Waals surface area contributed by atoms with Crippen LogP contribution >= 0.6 is 0 Å². The number of hydrogen-bond donors (Lipinski definition) is 0. The Labute approximate surface area is 130 Å². The summed E-state index contributed by atoms with van der Waals surface area (Å²) in [7, 11) is 4.68. The predicted octanol–water partition coefficient (Wildman–Crippen LogP) is 3.78. The van der Waals surface area contributed by atoms with Gasteiger partial charge in [0.2, 0.25) is 5.75 Å². The van der Waals surface area contributed by atoms with E-state index in [4.69, 9.17) is 14.2 Å². The number of ether oxygens (including phenoxy) is 3. The van der Waals surface area contributed by atoms with Gasteiger partial charge in [0.25, 0.3) is 0 Å². The van der Waals surface area contributed by atoms with Crippen molar-refractivity contribution >= 4 is 11.6 Å². The Balaban J connectivity index is 2.53. The van der Waals surface area contributed by atoms with E-state index < -0.39 is 0 Å². The number of rotatable bonds is 5. The maximum Gasteiger partial charge on any atom is 0.203 e. The Morgan fingerprint density at radius 3 is 2.00 bits per heavy atom. The first-order chi connectivity index (χ1) is 10.7. The highest BCUT2D eigenvalue weighted by molar-refractivity contribution is 5.90. The summed E-state index contributed by atoms with van der Waals surface area (Å²) < 4.78 is 15.9. The molecule has 0 unspecified atom stereocenters. The van der Waals surface area contributed by atoms with Crippen LogP contribution in [0.25, 0.3) is 11.6 Å². The Morgan fingerprint density at radius 1 is 0.955 bits per heavy atom. The van der Waals surface area contributed by atoms with Gasteiger partial charge in [-0.1, -0.05) is 30.3 Å². The lowest BCUT2D eigenvalue weighted by molar-refractivity contribution is 0.324. The standard InChI is InChI=1S/C18H17NO3/c1-20-16-10-13(11-17(21-2)18(16)22-3)9-15(12-19)14-7-5-4-6-8-14/h4-11H,1-3H3. The summed E-state index contributed by atoms with van der Waals surface area (Å²) in [6.07, 6.45) is 1.79. The third-order valence-electron chi connectivity index (χ3n) is 3.20. The SMILES string of the molecule is COc1cc(C=C(C#N)c2ccccc2)cc(OC)c1OC. The molecular weight excluding hydrogens is 278 g/mol. The lowest BCUT2D eigenvalue weighted by Gasteiger charge is -2.13. The first-order valence-corrected chi connectivity index (χ1v) is 6.70. The average Bonchev–Trinajstić information content (AvgIpc) is 2.59. The van der Waals surface area contributed by atoms with Crippen molar-refractivity contribution in [3.8, 4) is 23.3 Å². The van der Waals surface area contributed by atoms with Crippen molar-refractivity contribution in [1.29, 1.82) is 5.26 Å². The summed E-state index contributed by atoms with van der Waals surface area (Å²) in [5.74, 6) is 1.64. The van der Waals surface area contributed by atoms with Crippen molar-refractivity contribution in [2.24, 2.45) is 0 Å². The molecule has 0 saturated heterocycles. The topological polar surface area (TPSA) is 51.5 Å². The van der Waals surface area contributed by atoms with E-state index in [1.807, 2.05) is 42.5 Å². The highest BCUT2D eigenvalue weighted by atomic mass is 16.5. The van der Waals surface area contributed by atoms with Crippen LogP contribution in [0.5, 0.6) is 17.2 Å². The van der Waals surface area contributed by atoms with Crippen molar-refractivity contribution < 1.29 is 14.2 Å². The van der Waals surface area contributed by atoms with E-state index in [0.717, 1.165) is 11.1 Å². The molecular formula is C18H17NO3. The van der Waals surface area contributed by atoms with Gasteiger partial charge in [0.1, 0.15) is 0 Å². The molecule has 4 nitrogen and oxygen atoms in total. The van der Waals surface area contributed by atoms with Crippen molar-refractivity contribution in [3.63, 3.8) is 0 Å². The molecule has 0 fully saturated rings. The molecule has 4 heteroatoms. The molecule has 0 saturated carbocycles. The summed E-state index contributed by atoms with van der Waals surface area (Å²) in [5, 5.41) is 9.39. The normalized spacial score (nSPS) is 10.7. The van der Waals surface area contributed by atoms with Gasteiger partial charge in [0, 0.05) is 0 Å². The zero-order chi connectivity index (χ0) is 15.9. The first kappa shape index (κ1) is 15.5. The van der Waals surface area contributed by atoms with E-state index in [-0.39, 0.29) is 0 Å². The van der Waals surface area contributed by atoms with Gasteiger partial charge in [0.15, 0.2) is 11.5 Å². The van der Waals surface area contributed by atoms with E-state index in [0.29, 0.717) is 22.8 Å². The molecule has 112 valence electrons. The van der Waals surface area contributed by atoms with Crippen LogP contribution in [-0.2, 0) is 0 Å². The summed E-state index contributed by atoms with van der Waals surface area (Å²) in [6, 6.07) is 15.3. The Kier molecular flexibility index (Phi) is 5.05. The highest BCUT2D eigenvalue weighted by Crippen LogP contribution is 2.39. The Hall–Kier alpha value is -2.93. The first-order valence-electron chi connectivity index (χ1n) is 6.70. The minimum atomic E-state index is 0.528. The van der Waals surface area contributed by atoms with Gasteiger partial charge in [0.05, 0.1) is 33.0 Å². The molecule has 0 atom stereocenters. The molecule has 0 aromatic heterocycles. The zero-order valence-corrected chi connectivity index (χ0v) is 12.8. The van der Waals surface area contributed by atoms with Crippen molar-refractivity contribution in [2.45, 2.75) is 0 Å². The molecule has 2 aromatic rings. The molecule has 0 aliphatic carbocycles. The molecule has 0 radical (unpaired) electrons. The minimum absolute atomic E-state index is 0.528. The van der Waals surface area contributed by atoms with Gasteiger partial charge >= 0.3 is 0 Å². The quantitative estimate of drug-likeness (QED) is 0.622. The van der Waals surface area contributed by atoms with Gasteiger partial charge in [-0.3, -0.25) is 0 Å². The summed E-state index contributed by atoms with van der Waals surface area (Å²) in [5.41, 5.74) is 2.23. The third kappa shape index (κ3) is 3.21. The molecule has 2 aromatic carbocycles. The van der Waals surface area contributed by atoms with Crippen LogP contribution < -0.4 is 14.2 Å². The zero-order valence-electron chi connectivity index (χ0n) is 12.8. The van der Waals surface area contributed by atoms with Gasteiger partial charge in [-0.15, -0.1) is 0 Å². The minimum Gasteiger partial charge on any atom is -0.493 e. The van der Waals surface area contributed by atoms with Gasteiger partial charge in [-0.2, -0.15) is 5.26 Å². The third-order valence-corrected chi connectivity index (χ3v) is 3.20. The Bertz CT molecular complexity index is 690. The largest absolute Gasteiger partial charge is 0.493 e. The second-order valence-electron chi connectivity index (χ2n) is 4.49. The van der Waals surface area contributed by atoms with Crippen LogP contribution in [0.3, 0.4) is 0 Å². The van der Waals surface area contributed by atoms with Crippen LogP contribution in [0.2, 0.25) is 0 Å². The molecule has 0 aliphatic heterocycles. The monoisotopic (exact) mass is 295 g/mol. The number of nitriles is 1. The molecule has 0 heterocycles. The number of hydrogen-bond acceptors (Lipinski definition) is 4. The summed E-state index contributed by atoms with van der Waals surface area (Å²) in [6.45, 7) is 0. The van der Waals surface area contributed by atoms with Gasteiger partial charge < -0.3 is 14.2 Å². The second kappa shape index (κ2) is 7.19. The van der Waals surface area contributed by atoms with Crippen LogP contribution in [-0.4, -0.2) is 21.3 Å². The number of methoxy groups -OCH3 is 3. The predicted molar refractivity (Wildman–Crippen MR) is 86.0 cm³/mol. The van der Waals surface area contributed by atoms with E-state index in [2.05, 4.69) is 6.07 Å². The highest BCUT2D eigenvalue weighted by Gasteiger charge is 2.13. The average molecular weight is 295 g/mol. The maximum absolute atomic E-state index is 9.39. The van der Waals surface area contributed by atoms with Crippen molar-refractivity contribution in [3.05, 3.63) is 53.6 Å². The van der Waals surface area contributed by atoms with E-state index in [9.17, 15) is 5.26 Å². The van der Waals surface area contributed by atoms with Gasteiger partial charge in [-0.25, -0.2) is 0 Å². The number of benzene rings is 2. The molecule has 0 N–H and O–H groups in total. The van der Waals surface area contributed by atoms with Crippen molar-refractivity contribution in [2.75, 3.05) is 21.3 Å². The Morgan fingerprint density at radius 2 is 1.55 bits per heavy atom. The van der Waals surface area contributed by atoms with E-state index in [1.165, 1.54) is 0 Å². The van der Waals surface area contributed by atoms with Crippen LogP contribution in [0, 0.1) is 11.3 Å². The maximum atomic E-state index is 9.39. The van der Waals surface area contributed by atoms with Gasteiger partial charge in [-0.05, 0) is 29.3 Å². The summed E-state index contributed by atoms with van der Waals surface area (Å²) in [4.78, 5) is 0. The lowest BCUT2D eigenvalue weighted by Crippen LogP contribution is -1.95. The fraction of sp³-hybridized carbons (Fsp3) is 0.167. The fourth-order valence-electron chi connectivity index (χ4n) is 2.15. The molecule has 0 bridgehead atoms. The van der Waals surface area contributed by atoms with Crippen molar-refractivity contribution in [1.82, 2.24) is 0 Å². The number of allylic oxidation sites excluding steroid dienone is 1. The smallest absolute Gasteiger partial charge is 0.203 e. The fourth-order valence-corrected chi connectivity index (χ4v) is 2.15. The van der Waals surface area contributed by atoms with Crippen LogP contribution in [0.4, 0.5) is 0 Å². The molecule has 0 spiro atoms. The molecule has 0 amide bonds. The molecule has 2 rings (SSSR count). The number of nitrogens with zero attached hydrogens (tertiary/aromatic N) is 1. The lowest BCUT2D eigenvalue weighted by atomic mass is 10.0. The van der Waals surface area contributed by atoms with Crippen LogP contribution in [0.1, 0.15) is 11.1 Å². The van der Waals surface area contributed by atoms with E-state index in [1.54, 1.807) is 27.4 Å². The second-order valence-corrected chi connectivity index (χ2v) is 4.49. The summed E-state index contributed by atoms with van der Waals surface area (Å²) >= 11 is 0. The molecule has 22 heavy (non-hydrogen) atoms. The van der Waals surface area contributed by atoms with E-state index >= 15 is 0 Å².